The Bertz CT molecular complexity index is 800. The number of nitriles is 1. The standard InChI is InChI=1S/C20H22N4O3/c1-2-24(14-21)19(26)18(12-15-8-10-17(25)11-9-15)23-20(27)22-13-16-6-4-3-5-7-16/h3-11,18,25H,2,12-13H2,1H3,(H2,22,23,27). The number of phenols is 1. The molecule has 0 radical (unpaired) electrons. The number of hydrogen-bond donors (Lipinski definition) is 3. The molecule has 0 bridgehead atoms. The third-order valence-electron chi connectivity index (χ3n) is 3.98. The molecule has 0 fully saturated rings. The van der Waals surface area contributed by atoms with Crippen LogP contribution in [-0.2, 0) is 17.8 Å². The summed E-state index contributed by atoms with van der Waals surface area (Å²) >= 11 is 0. The molecule has 2 aromatic rings. The van der Waals surface area contributed by atoms with E-state index >= 15 is 0 Å². The fraction of sp³-hybridized carbons (Fsp3) is 0.250. The zero-order chi connectivity index (χ0) is 19.6. The highest BCUT2D eigenvalue weighted by molar-refractivity contribution is 5.88. The van der Waals surface area contributed by atoms with E-state index in [0.29, 0.717) is 6.54 Å². The summed E-state index contributed by atoms with van der Waals surface area (Å²) in [5.41, 5.74) is 1.68. The van der Waals surface area contributed by atoms with Crippen LogP contribution in [0.4, 0.5) is 4.79 Å². The van der Waals surface area contributed by atoms with Crippen molar-refractivity contribution in [3.8, 4) is 11.9 Å². The van der Waals surface area contributed by atoms with Gasteiger partial charge in [0.1, 0.15) is 11.8 Å². The molecule has 140 valence electrons. The first-order valence-electron chi connectivity index (χ1n) is 8.60. The quantitative estimate of drug-likeness (QED) is 0.515. The molecule has 0 saturated heterocycles. The maximum absolute atomic E-state index is 12.6. The van der Waals surface area contributed by atoms with Gasteiger partial charge in [-0.25, -0.2) is 9.69 Å². The molecule has 7 nitrogen and oxygen atoms in total. The Balaban J connectivity index is 2.06. The molecule has 3 amide bonds. The van der Waals surface area contributed by atoms with Gasteiger partial charge in [0.05, 0.1) is 0 Å². The van der Waals surface area contributed by atoms with E-state index in [9.17, 15) is 14.7 Å². The summed E-state index contributed by atoms with van der Waals surface area (Å²) in [4.78, 5) is 25.9. The molecule has 0 heterocycles. The van der Waals surface area contributed by atoms with E-state index in [1.807, 2.05) is 36.5 Å². The Kier molecular flexibility index (Phi) is 7.20. The Morgan fingerprint density at radius 2 is 1.78 bits per heavy atom. The highest BCUT2D eigenvalue weighted by atomic mass is 16.3. The van der Waals surface area contributed by atoms with Crippen LogP contribution in [-0.4, -0.2) is 34.5 Å². The zero-order valence-electron chi connectivity index (χ0n) is 15.1. The number of hydrogen-bond acceptors (Lipinski definition) is 4. The molecule has 0 saturated carbocycles. The second-order valence-corrected chi connectivity index (χ2v) is 5.92. The van der Waals surface area contributed by atoms with Gasteiger partial charge in [-0.05, 0) is 30.2 Å². The van der Waals surface area contributed by atoms with Gasteiger partial charge in [0.2, 0.25) is 0 Å². The molecule has 1 unspecified atom stereocenters. The van der Waals surface area contributed by atoms with Crippen LogP contribution in [0.5, 0.6) is 5.75 Å². The van der Waals surface area contributed by atoms with E-state index in [0.717, 1.165) is 16.0 Å². The van der Waals surface area contributed by atoms with Crippen LogP contribution >= 0.6 is 0 Å². The topological polar surface area (TPSA) is 105 Å². The normalized spacial score (nSPS) is 11.1. The molecule has 2 aromatic carbocycles. The predicted molar refractivity (Wildman–Crippen MR) is 100 cm³/mol. The first-order chi connectivity index (χ1) is 13.0. The lowest BCUT2D eigenvalue weighted by Gasteiger charge is -2.22. The molecule has 0 spiro atoms. The second kappa shape index (κ2) is 9.82. The van der Waals surface area contributed by atoms with Gasteiger partial charge in [0.15, 0.2) is 6.19 Å². The fourth-order valence-corrected chi connectivity index (χ4v) is 2.52. The maximum atomic E-state index is 12.6. The summed E-state index contributed by atoms with van der Waals surface area (Å²) in [7, 11) is 0. The molecule has 2 rings (SSSR count). The summed E-state index contributed by atoms with van der Waals surface area (Å²) < 4.78 is 0. The first-order valence-corrected chi connectivity index (χ1v) is 8.60. The molecular weight excluding hydrogens is 344 g/mol. The van der Waals surface area contributed by atoms with Crippen molar-refractivity contribution in [2.75, 3.05) is 6.54 Å². The summed E-state index contributed by atoms with van der Waals surface area (Å²) in [6, 6.07) is 14.4. The van der Waals surface area contributed by atoms with E-state index < -0.39 is 18.0 Å². The van der Waals surface area contributed by atoms with Gasteiger partial charge < -0.3 is 15.7 Å². The van der Waals surface area contributed by atoms with Gasteiger partial charge in [0, 0.05) is 19.5 Å². The van der Waals surface area contributed by atoms with Crippen molar-refractivity contribution < 1.29 is 14.7 Å². The van der Waals surface area contributed by atoms with Crippen molar-refractivity contribution >= 4 is 11.9 Å². The van der Waals surface area contributed by atoms with Crippen molar-refractivity contribution in [2.24, 2.45) is 0 Å². The molecule has 0 aliphatic heterocycles. The lowest BCUT2D eigenvalue weighted by atomic mass is 10.0. The Hall–Kier alpha value is -3.53. The van der Waals surface area contributed by atoms with Crippen molar-refractivity contribution in [3.05, 3.63) is 65.7 Å². The van der Waals surface area contributed by atoms with Crippen LogP contribution in [0.15, 0.2) is 54.6 Å². The van der Waals surface area contributed by atoms with Gasteiger partial charge >= 0.3 is 6.03 Å². The number of aromatic hydroxyl groups is 1. The van der Waals surface area contributed by atoms with Crippen LogP contribution in [0, 0.1) is 11.5 Å². The molecule has 27 heavy (non-hydrogen) atoms. The molecule has 7 heteroatoms. The van der Waals surface area contributed by atoms with Crippen molar-refractivity contribution in [1.82, 2.24) is 15.5 Å². The largest absolute Gasteiger partial charge is 0.508 e. The summed E-state index contributed by atoms with van der Waals surface area (Å²) in [6.45, 7) is 2.23. The van der Waals surface area contributed by atoms with Crippen LogP contribution in [0.2, 0.25) is 0 Å². The molecule has 1 atom stereocenters. The monoisotopic (exact) mass is 366 g/mol. The highest BCUT2D eigenvalue weighted by Gasteiger charge is 2.25. The summed E-state index contributed by atoms with van der Waals surface area (Å²) in [5, 5.41) is 23.9. The van der Waals surface area contributed by atoms with Gasteiger partial charge in [-0.15, -0.1) is 0 Å². The number of carbonyl (C=O) groups is 2. The second-order valence-electron chi connectivity index (χ2n) is 5.92. The number of likely N-dealkylation sites (N-methyl/N-ethyl adjacent to an activating group) is 1. The minimum absolute atomic E-state index is 0.113. The number of amides is 3. The van der Waals surface area contributed by atoms with Crippen LogP contribution in [0.25, 0.3) is 0 Å². The van der Waals surface area contributed by atoms with E-state index in [-0.39, 0.29) is 18.7 Å². The average molecular weight is 366 g/mol. The Morgan fingerprint density at radius 1 is 1.11 bits per heavy atom. The van der Waals surface area contributed by atoms with E-state index in [1.54, 1.807) is 19.1 Å². The molecule has 0 aliphatic rings. The van der Waals surface area contributed by atoms with Crippen molar-refractivity contribution in [1.29, 1.82) is 5.26 Å². The fourth-order valence-electron chi connectivity index (χ4n) is 2.52. The zero-order valence-corrected chi connectivity index (χ0v) is 15.1. The minimum atomic E-state index is -0.898. The number of carbonyl (C=O) groups excluding carboxylic acids is 2. The van der Waals surface area contributed by atoms with Crippen LogP contribution < -0.4 is 10.6 Å². The highest BCUT2D eigenvalue weighted by Crippen LogP contribution is 2.12. The third kappa shape index (κ3) is 6.04. The lowest BCUT2D eigenvalue weighted by molar-refractivity contribution is -0.129. The van der Waals surface area contributed by atoms with Crippen LogP contribution in [0.1, 0.15) is 18.1 Å². The number of urea groups is 1. The van der Waals surface area contributed by atoms with Gasteiger partial charge in [0.25, 0.3) is 5.91 Å². The van der Waals surface area contributed by atoms with Crippen LogP contribution in [0.3, 0.4) is 0 Å². The first kappa shape index (κ1) is 19.8. The van der Waals surface area contributed by atoms with Crippen molar-refractivity contribution in [3.63, 3.8) is 0 Å². The molecule has 3 N–H and O–H groups in total. The van der Waals surface area contributed by atoms with E-state index in [1.165, 1.54) is 12.1 Å². The third-order valence-corrected chi connectivity index (χ3v) is 3.98. The molecule has 0 aliphatic carbocycles. The number of nitrogens with one attached hydrogen (secondary N) is 2. The summed E-state index contributed by atoms with van der Waals surface area (Å²) in [5.74, 6) is -0.370. The molecular formula is C20H22N4O3. The molecule has 0 aromatic heterocycles. The predicted octanol–water partition coefficient (Wildman–Crippen LogP) is 2.13. The number of benzene rings is 2. The van der Waals surface area contributed by atoms with Gasteiger partial charge in [-0.3, -0.25) is 4.79 Å². The Morgan fingerprint density at radius 3 is 2.37 bits per heavy atom. The van der Waals surface area contributed by atoms with Gasteiger partial charge in [-0.1, -0.05) is 42.5 Å². The minimum Gasteiger partial charge on any atom is -0.508 e. The summed E-state index contributed by atoms with van der Waals surface area (Å²) in [6.07, 6.45) is 2.03. The lowest BCUT2D eigenvalue weighted by Crippen LogP contribution is -2.51. The number of rotatable bonds is 7. The van der Waals surface area contributed by atoms with E-state index in [2.05, 4.69) is 10.6 Å². The van der Waals surface area contributed by atoms with Gasteiger partial charge in [-0.2, -0.15) is 5.26 Å². The smallest absolute Gasteiger partial charge is 0.315 e. The number of phenolic OH excluding ortho intramolecular Hbond substituents is 1. The van der Waals surface area contributed by atoms with Crippen molar-refractivity contribution in [2.45, 2.75) is 25.9 Å². The SMILES string of the molecule is CCN(C#N)C(=O)C(Cc1ccc(O)cc1)NC(=O)NCc1ccccc1. The number of nitrogens with zero attached hydrogens (tertiary/aromatic N) is 2. The average Bonchev–Trinajstić information content (AvgIpc) is 2.69. The van der Waals surface area contributed by atoms with E-state index in [4.69, 9.17) is 5.26 Å². The Labute approximate surface area is 158 Å². The maximum Gasteiger partial charge on any atom is 0.315 e.